The predicted molar refractivity (Wildman–Crippen MR) is 48.1 cm³/mol. The summed E-state index contributed by atoms with van der Waals surface area (Å²) < 4.78 is 1.72. The number of rotatable bonds is 2. The van der Waals surface area contributed by atoms with Crippen LogP contribution in [0.2, 0.25) is 0 Å². The largest absolute Gasteiger partial charge is 0.369 e. The Morgan fingerprint density at radius 3 is 3.15 bits per heavy atom. The number of nitrogens with zero attached hydrogens (tertiary/aromatic N) is 2. The van der Waals surface area contributed by atoms with Gasteiger partial charge in [-0.05, 0) is 23.8 Å². The van der Waals surface area contributed by atoms with E-state index in [0.29, 0.717) is 0 Å². The van der Waals surface area contributed by atoms with Crippen molar-refractivity contribution >= 4 is 11.4 Å². The monoisotopic (exact) mass is 175 g/mol. The number of primary amides is 1. The molecule has 2 N–H and O–H groups in total. The molecule has 0 radical (unpaired) electrons. The van der Waals surface area contributed by atoms with E-state index in [-0.39, 0.29) is 12.3 Å². The smallest absolute Gasteiger partial charge is 0.221 e. The fourth-order valence-electron chi connectivity index (χ4n) is 1.30. The minimum atomic E-state index is -0.323. The van der Waals surface area contributed by atoms with E-state index in [4.69, 9.17) is 5.73 Å². The van der Waals surface area contributed by atoms with Gasteiger partial charge in [0.05, 0.1) is 11.9 Å². The maximum Gasteiger partial charge on any atom is 0.221 e. The minimum Gasteiger partial charge on any atom is -0.369 e. The van der Waals surface area contributed by atoms with Gasteiger partial charge < -0.3 is 5.73 Å². The minimum absolute atomic E-state index is 0.267. The third kappa shape index (κ3) is 1.51. The number of aromatic nitrogens is 2. The maximum atomic E-state index is 10.6. The number of nitrogens with two attached hydrogens (primary N) is 1. The predicted octanol–water partition coefficient (Wildman–Crippen LogP) is 0.362. The van der Waals surface area contributed by atoms with Crippen LogP contribution in [0.25, 0.3) is 5.52 Å². The van der Waals surface area contributed by atoms with Crippen molar-refractivity contribution in [3.8, 4) is 0 Å². The van der Waals surface area contributed by atoms with Gasteiger partial charge in [0.25, 0.3) is 0 Å². The quantitative estimate of drug-likeness (QED) is 0.716. The molecule has 4 heteroatoms. The molecule has 66 valence electrons. The molecule has 2 aromatic rings. The molecule has 2 heterocycles. The van der Waals surface area contributed by atoms with E-state index < -0.39 is 0 Å². The highest BCUT2D eigenvalue weighted by atomic mass is 16.1. The highest BCUT2D eigenvalue weighted by Gasteiger charge is 2.01. The zero-order valence-electron chi connectivity index (χ0n) is 6.97. The average Bonchev–Trinajstić information content (AvgIpc) is 2.44. The molecule has 2 rings (SSSR count). The standard InChI is InChI=1S/C9H9N3O/c10-9(13)5-7-4-8-2-1-3-11-12(8)6-7/h1-4,6H,5H2,(H2,10,13). The number of hydrogen-bond donors (Lipinski definition) is 1. The summed E-state index contributed by atoms with van der Waals surface area (Å²) in [6.45, 7) is 0. The van der Waals surface area contributed by atoms with Crippen molar-refractivity contribution in [3.63, 3.8) is 0 Å². The van der Waals surface area contributed by atoms with E-state index >= 15 is 0 Å². The van der Waals surface area contributed by atoms with Crippen LogP contribution in [0, 0.1) is 0 Å². The second-order valence-corrected chi connectivity index (χ2v) is 2.88. The summed E-state index contributed by atoms with van der Waals surface area (Å²) in [7, 11) is 0. The summed E-state index contributed by atoms with van der Waals surface area (Å²) in [5, 5.41) is 4.07. The Bertz CT molecular complexity index is 414. The van der Waals surface area contributed by atoms with Crippen LogP contribution in [0.1, 0.15) is 5.56 Å². The second-order valence-electron chi connectivity index (χ2n) is 2.88. The van der Waals surface area contributed by atoms with Gasteiger partial charge in [-0.1, -0.05) is 0 Å². The van der Waals surface area contributed by atoms with Crippen LogP contribution in [0.3, 0.4) is 0 Å². The van der Waals surface area contributed by atoms with Crippen molar-refractivity contribution in [1.82, 2.24) is 9.61 Å². The Labute approximate surface area is 75.0 Å². The Hall–Kier alpha value is -1.84. The summed E-state index contributed by atoms with van der Waals surface area (Å²) in [5.41, 5.74) is 6.94. The van der Waals surface area contributed by atoms with Gasteiger partial charge in [-0.2, -0.15) is 5.10 Å². The van der Waals surface area contributed by atoms with Crippen LogP contribution < -0.4 is 5.73 Å². The Morgan fingerprint density at radius 1 is 1.62 bits per heavy atom. The van der Waals surface area contributed by atoms with Crippen molar-refractivity contribution in [3.05, 3.63) is 36.2 Å². The van der Waals surface area contributed by atoms with E-state index in [9.17, 15) is 4.79 Å². The van der Waals surface area contributed by atoms with Gasteiger partial charge in [0, 0.05) is 12.4 Å². The van der Waals surface area contributed by atoms with E-state index in [1.54, 1.807) is 16.9 Å². The topological polar surface area (TPSA) is 60.4 Å². The van der Waals surface area contributed by atoms with Crippen LogP contribution >= 0.6 is 0 Å². The molecule has 0 saturated carbocycles. The molecule has 0 bridgehead atoms. The fourth-order valence-corrected chi connectivity index (χ4v) is 1.30. The van der Waals surface area contributed by atoms with E-state index in [2.05, 4.69) is 5.10 Å². The van der Waals surface area contributed by atoms with Gasteiger partial charge in [0.15, 0.2) is 0 Å². The summed E-state index contributed by atoms with van der Waals surface area (Å²) in [4.78, 5) is 10.6. The number of fused-ring (bicyclic) bond motifs is 1. The van der Waals surface area contributed by atoms with E-state index in [0.717, 1.165) is 11.1 Å². The van der Waals surface area contributed by atoms with Crippen LogP contribution in [-0.4, -0.2) is 15.5 Å². The first-order valence-electron chi connectivity index (χ1n) is 3.96. The van der Waals surface area contributed by atoms with Gasteiger partial charge in [-0.3, -0.25) is 4.79 Å². The molecular formula is C9H9N3O. The van der Waals surface area contributed by atoms with Gasteiger partial charge >= 0.3 is 0 Å². The van der Waals surface area contributed by atoms with Gasteiger partial charge in [0.1, 0.15) is 0 Å². The van der Waals surface area contributed by atoms with Crippen molar-refractivity contribution in [2.24, 2.45) is 5.73 Å². The molecular weight excluding hydrogens is 166 g/mol. The van der Waals surface area contributed by atoms with Gasteiger partial charge in [-0.15, -0.1) is 0 Å². The summed E-state index contributed by atoms with van der Waals surface area (Å²) >= 11 is 0. The van der Waals surface area contributed by atoms with Crippen molar-refractivity contribution in [1.29, 1.82) is 0 Å². The summed E-state index contributed by atoms with van der Waals surface area (Å²) in [6, 6.07) is 5.68. The number of carbonyl (C=O) groups is 1. The average molecular weight is 175 g/mol. The van der Waals surface area contributed by atoms with Crippen molar-refractivity contribution in [2.45, 2.75) is 6.42 Å². The SMILES string of the molecule is NC(=O)Cc1cc2cccnn2c1. The zero-order chi connectivity index (χ0) is 9.26. The summed E-state index contributed by atoms with van der Waals surface area (Å²) in [6.07, 6.45) is 3.77. The first kappa shape index (κ1) is 7.79. The fraction of sp³-hybridized carbons (Fsp3) is 0.111. The normalized spacial score (nSPS) is 10.5. The number of carbonyl (C=O) groups excluding carboxylic acids is 1. The first-order valence-corrected chi connectivity index (χ1v) is 3.96. The van der Waals surface area contributed by atoms with Crippen molar-refractivity contribution in [2.75, 3.05) is 0 Å². The molecule has 2 aromatic heterocycles. The molecule has 0 spiro atoms. The lowest BCUT2D eigenvalue weighted by Crippen LogP contribution is -2.12. The molecule has 0 unspecified atom stereocenters. The molecule has 0 aromatic carbocycles. The molecule has 0 atom stereocenters. The number of hydrogen-bond acceptors (Lipinski definition) is 2. The Kier molecular flexibility index (Phi) is 1.73. The highest BCUT2D eigenvalue weighted by molar-refractivity contribution is 5.77. The lowest BCUT2D eigenvalue weighted by molar-refractivity contribution is -0.117. The molecule has 0 aliphatic rings. The lowest BCUT2D eigenvalue weighted by Gasteiger charge is -1.88. The first-order chi connectivity index (χ1) is 6.25. The van der Waals surface area contributed by atoms with Crippen LogP contribution in [-0.2, 0) is 11.2 Å². The second kappa shape index (κ2) is 2.90. The zero-order valence-corrected chi connectivity index (χ0v) is 6.97. The molecule has 0 aliphatic heterocycles. The number of amides is 1. The third-order valence-corrected chi connectivity index (χ3v) is 1.81. The molecule has 13 heavy (non-hydrogen) atoms. The summed E-state index contributed by atoms with van der Waals surface area (Å²) in [5.74, 6) is -0.323. The van der Waals surface area contributed by atoms with Crippen LogP contribution in [0.5, 0.6) is 0 Å². The Morgan fingerprint density at radius 2 is 2.46 bits per heavy atom. The van der Waals surface area contributed by atoms with Crippen molar-refractivity contribution < 1.29 is 4.79 Å². The van der Waals surface area contributed by atoms with Gasteiger partial charge in [-0.25, -0.2) is 4.52 Å². The maximum absolute atomic E-state index is 10.6. The molecule has 0 saturated heterocycles. The van der Waals surface area contributed by atoms with E-state index in [1.165, 1.54) is 0 Å². The Balaban J connectivity index is 2.44. The van der Waals surface area contributed by atoms with Crippen LogP contribution in [0.4, 0.5) is 0 Å². The van der Waals surface area contributed by atoms with Crippen LogP contribution in [0.15, 0.2) is 30.6 Å². The third-order valence-electron chi connectivity index (χ3n) is 1.81. The molecule has 0 aliphatic carbocycles. The lowest BCUT2D eigenvalue weighted by atomic mass is 10.2. The highest BCUT2D eigenvalue weighted by Crippen LogP contribution is 2.07. The molecule has 0 fully saturated rings. The van der Waals surface area contributed by atoms with Gasteiger partial charge in [0.2, 0.25) is 5.91 Å². The van der Waals surface area contributed by atoms with E-state index in [1.807, 2.05) is 18.2 Å². The molecule has 4 nitrogen and oxygen atoms in total. The molecule has 1 amide bonds.